The van der Waals surface area contributed by atoms with Crippen molar-refractivity contribution in [3.05, 3.63) is 53.2 Å². The first-order valence-corrected chi connectivity index (χ1v) is 13.5. The van der Waals surface area contributed by atoms with Gasteiger partial charge in [0, 0.05) is 38.4 Å². The Morgan fingerprint density at radius 2 is 1.76 bits per heavy atom. The van der Waals surface area contributed by atoms with E-state index >= 15 is 0 Å². The van der Waals surface area contributed by atoms with E-state index in [0.717, 1.165) is 11.0 Å². The van der Waals surface area contributed by atoms with Gasteiger partial charge >= 0.3 is 12.2 Å². The summed E-state index contributed by atoms with van der Waals surface area (Å²) in [5.74, 6) is -1.06. The predicted octanol–water partition coefficient (Wildman–Crippen LogP) is 2.76. The second kappa shape index (κ2) is 9.05. The number of piperazine rings is 1. The molecule has 1 aromatic heterocycles. The Hall–Kier alpha value is -3.06. The molecule has 2 aliphatic heterocycles. The van der Waals surface area contributed by atoms with Gasteiger partial charge in [-0.05, 0) is 37.1 Å². The van der Waals surface area contributed by atoms with E-state index in [4.69, 9.17) is 11.6 Å². The molecular formula is C23H23ClF3N5O4S. The Kier molecular flexibility index (Phi) is 6.26. The molecular weight excluding hydrogens is 535 g/mol. The summed E-state index contributed by atoms with van der Waals surface area (Å²) in [4.78, 5) is 32.1. The largest absolute Gasteiger partial charge is 0.419 e. The number of nitrogens with one attached hydrogen (secondary N) is 1. The number of anilines is 1. The van der Waals surface area contributed by atoms with Crippen LogP contribution in [0.1, 0.15) is 18.4 Å². The first kappa shape index (κ1) is 25.6. The summed E-state index contributed by atoms with van der Waals surface area (Å²) in [6.07, 6.45) is -2.25. The van der Waals surface area contributed by atoms with E-state index in [1.54, 1.807) is 6.07 Å². The van der Waals surface area contributed by atoms with Gasteiger partial charge in [-0.25, -0.2) is 18.2 Å². The van der Waals surface area contributed by atoms with Crippen molar-refractivity contribution in [1.82, 2.24) is 20.1 Å². The summed E-state index contributed by atoms with van der Waals surface area (Å²) < 4.78 is 68.6. The van der Waals surface area contributed by atoms with Crippen LogP contribution in [-0.2, 0) is 20.8 Å². The fourth-order valence-corrected chi connectivity index (χ4v) is 7.42. The van der Waals surface area contributed by atoms with Crippen molar-refractivity contribution in [2.45, 2.75) is 34.8 Å². The number of alkyl halides is 3. The fraction of sp³-hybridized carbons (Fsp3) is 0.435. The Morgan fingerprint density at radius 3 is 2.38 bits per heavy atom. The third-order valence-electron chi connectivity index (χ3n) is 6.86. The molecule has 1 aliphatic carbocycles. The Labute approximate surface area is 216 Å². The highest BCUT2D eigenvalue weighted by molar-refractivity contribution is 7.93. The number of nitrogens with zero attached hydrogens (tertiary/aromatic N) is 4. The number of sulfone groups is 1. The maximum atomic E-state index is 14.1. The van der Waals surface area contributed by atoms with Crippen LogP contribution in [0.4, 0.5) is 23.8 Å². The van der Waals surface area contributed by atoms with Crippen LogP contribution >= 0.6 is 11.6 Å². The molecule has 2 saturated heterocycles. The standard InChI is InChI=1S/C23H23ClF3N5O4S/c24-17-5-1-2-6-18(17)37(35,36)22(14-29-21(34)32(22)15-7-8-15)20(33)31-12-10-30(11-13-31)19-16(23(25,26)27)4-3-9-28-19/h1-6,9,15H,7-8,10-14H2,(H,29,34)/t22-/m0/s1. The van der Waals surface area contributed by atoms with Crippen LogP contribution in [0.25, 0.3) is 0 Å². The molecule has 198 valence electrons. The van der Waals surface area contributed by atoms with Gasteiger partial charge in [-0.2, -0.15) is 13.2 Å². The lowest BCUT2D eigenvalue weighted by atomic mass is 10.1. The highest BCUT2D eigenvalue weighted by Gasteiger charge is 2.66. The first-order chi connectivity index (χ1) is 17.5. The van der Waals surface area contributed by atoms with Crippen molar-refractivity contribution >= 4 is 39.2 Å². The maximum Gasteiger partial charge on any atom is 0.419 e. The summed E-state index contributed by atoms with van der Waals surface area (Å²) in [5.41, 5.74) is -0.891. The molecule has 1 N–H and O–H groups in total. The number of carbonyl (C=O) groups excluding carboxylic acids is 2. The number of amides is 3. The SMILES string of the molecule is O=C1NC[C@@](C(=O)N2CCN(c3ncccc3C(F)(F)F)CC2)(S(=O)(=O)c2ccccc2Cl)N1C1CC1. The number of hydrogen-bond donors (Lipinski definition) is 1. The molecule has 1 aromatic carbocycles. The van der Waals surface area contributed by atoms with Crippen LogP contribution in [0.3, 0.4) is 0 Å². The number of pyridine rings is 1. The van der Waals surface area contributed by atoms with E-state index in [9.17, 15) is 31.2 Å². The molecule has 3 amide bonds. The molecule has 3 fully saturated rings. The molecule has 5 rings (SSSR count). The van der Waals surface area contributed by atoms with Gasteiger partial charge in [0.15, 0.2) is 0 Å². The maximum absolute atomic E-state index is 14.1. The topological polar surface area (TPSA) is 103 Å². The van der Waals surface area contributed by atoms with Crippen molar-refractivity contribution in [1.29, 1.82) is 0 Å². The van der Waals surface area contributed by atoms with Crippen molar-refractivity contribution in [2.75, 3.05) is 37.6 Å². The third kappa shape index (κ3) is 4.17. The smallest absolute Gasteiger partial charge is 0.353 e. The average molecular weight is 558 g/mol. The summed E-state index contributed by atoms with van der Waals surface area (Å²) in [6, 6.07) is 6.77. The molecule has 1 atom stereocenters. The Morgan fingerprint density at radius 1 is 1.08 bits per heavy atom. The zero-order valence-corrected chi connectivity index (χ0v) is 21.0. The molecule has 0 unspecified atom stereocenters. The Bertz CT molecular complexity index is 1350. The Balaban J connectivity index is 1.48. The van der Waals surface area contributed by atoms with Crippen molar-refractivity contribution < 1.29 is 31.2 Å². The van der Waals surface area contributed by atoms with E-state index in [1.165, 1.54) is 40.3 Å². The predicted molar refractivity (Wildman–Crippen MR) is 128 cm³/mol. The van der Waals surface area contributed by atoms with Gasteiger partial charge in [-0.15, -0.1) is 0 Å². The quantitative estimate of drug-likeness (QED) is 0.606. The monoisotopic (exact) mass is 557 g/mol. The van der Waals surface area contributed by atoms with Crippen LogP contribution < -0.4 is 10.2 Å². The number of carbonyl (C=O) groups is 2. The number of halogens is 4. The lowest BCUT2D eigenvalue weighted by Gasteiger charge is -2.42. The van der Waals surface area contributed by atoms with Crippen molar-refractivity contribution in [2.24, 2.45) is 0 Å². The van der Waals surface area contributed by atoms with Crippen LogP contribution in [0, 0.1) is 0 Å². The van der Waals surface area contributed by atoms with E-state index in [2.05, 4.69) is 10.3 Å². The molecule has 0 bridgehead atoms. The number of aromatic nitrogens is 1. The van der Waals surface area contributed by atoms with Crippen molar-refractivity contribution in [3.8, 4) is 0 Å². The molecule has 37 heavy (non-hydrogen) atoms. The third-order valence-corrected chi connectivity index (χ3v) is 9.64. The zero-order valence-electron chi connectivity index (χ0n) is 19.4. The van der Waals surface area contributed by atoms with Gasteiger partial charge in [0.05, 0.1) is 22.0 Å². The molecule has 0 spiro atoms. The summed E-state index contributed by atoms with van der Waals surface area (Å²) in [5, 5.41) is 2.45. The second-order valence-electron chi connectivity index (χ2n) is 9.13. The van der Waals surface area contributed by atoms with E-state index in [1.807, 2.05) is 0 Å². The first-order valence-electron chi connectivity index (χ1n) is 11.6. The zero-order chi connectivity index (χ0) is 26.6. The van der Waals surface area contributed by atoms with Gasteiger partial charge in [0.2, 0.25) is 14.7 Å². The van der Waals surface area contributed by atoms with Crippen molar-refractivity contribution in [3.63, 3.8) is 0 Å². The lowest BCUT2D eigenvalue weighted by molar-refractivity contribution is -0.139. The van der Waals surface area contributed by atoms with Crippen LogP contribution in [0.5, 0.6) is 0 Å². The normalized spacial score (nSPS) is 22.8. The highest BCUT2D eigenvalue weighted by atomic mass is 35.5. The van der Waals surface area contributed by atoms with Gasteiger partial charge < -0.3 is 15.1 Å². The lowest BCUT2D eigenvalue weighted by Crippen LogP contribution is -2.66. The molecule has 3 aliphatic rings. The number of rotatable bonds is 5. The fourth-order valence-electron chi connectivity index (χ4n) is 4.92. The van der Waals surface area contributed by atoms with Crippen LogP contribution in [0.15, 0.2) is 47.5 Å². The minimum absolute atomic E-state index is 0.00113. The number of urea groups is 1. The molecule has 14 heteroatoms. The van der Waals surface area contributed by atoms with E-state index in [0.29, 0.717) is 12.8 Å². The van der Waals surface area contributed by atoms with Gasteiger partial charge in [-0.3, -0.25) is 9.69 Å². The minimum Gasteiger partial charge on any atom is -0.353 e. The highest BCUT2D eigenvalue weighted by Crippen LogP contribution is 2.43. The van der Waals surface area contributed by atoms with Gasteiger partial charge in [0.25, 0.3) is 5.91 Å². The van der Waals surface area contributed by atoms with E-state index < -0.39 is 51.0 Å². The molecule has 9 nitrogen and oxygen atoms in total. The molecule has 2 aromatic rings. The van der Waals surface area contributed by atoms with Crippen LogP contribution in [0.2, 0.25) is 5.02 Å². The average Bonchev–Trinajstić information content (AvgIpc) is 3.64. The number of hydrogen-bond acceptors (Lipinski definition) is 6. The molecule has 1 saturated carbocycles. The van der Waals surface area contributed by atoms with Gasteiger partial charge in [-0.1, -0.05) is 23.7 Å². The molecule has 0 radical (unpaired) electrons. The molecule has 3 heterocycles. The van der Waals surface area contributed by atoms with E-state index in [-0.39, 0.29) is 41.9 Å². The summed E-state index contributed by atoms with van der Waals surface area (Å²) >= 11 is 6.22. The summed E-state index contributed by atoms with van der Waals surface area (Å²) in [7, 11) is -4.51. The number of benzene rings is 1. The van der Waals surface area contributed by atoms with Crippen LogP contribution in [-0.4, -0.2) is 78.8 Å². The second-order valence-corrected chi connectivity index (χ2v) is 11.7. The summed E-state index contributed by atoms with van der Waals surface area (Å²) in [6.45, 7) is -0.580. The minimum atomic E-state index is -4.61. The van der Waals surface area contributed by atoms with Gasteiger partial charge in [0.1, 0.15) is 5.82 Å².